The first kappa shape index (κ1) is 12.9. The molecule has 2 aromatic rings. The second kappa shape index (κ2) is 5.12. The maximum atomic E-state index is 11.9. The molecule has 20 heavy (non-hydrogen) atoms. The van der Waals surface area contributed by atoms with E-state index < -0.39 is 0 Å². The van der Waals surface area contributed by atoms with E-state index in [0.717, 1.165) is 12.1 Å². The van der Waals surface area contributed by atoms with Crippen molar-refractivity contribution in [3.8, 4) is 0 Å². The molecule has 3 rings (SSSR count). The standard InChI is InChI=1S/C18H19NO/c1-12-3-6-14(7-4-12)15-9-10-18(20)19-17-11-13(2)5-8-16(15)17/h3-8,11,15H,9-10H2,1-2H3,(H,19,20)/t15-/m0/s1. The van der Waals surface area contributed by atoms with Gasteiger partial charge in [0, 0.05) is 18.0 Å². The lowest BCUT2D eigenvalue weighted by atomic mass is 9.86. The van der Waals surface area contributed by atoms with Crippen LogP contribution >= 0.6 is 0 Å². The zero-order valence-corrected chi connectivity index (χ0v) is 11.9. The summed E-state index contributed by atoms with van der Waals surface area (Å²) in [6.07, 6.45) is 1.44. The molecule has 1 aliphatic heterocycles. The third kappa shape index (κ3) is 2.46. The summed E-state index contributed by atoms with van der Waals surface area (Å²) in [6.45, 7) is 4.15. The summed E-state index contributed by atoms with van der Waals surface area (Å²) in [5.41, 5.74) is 5.93. The molecule has 2 aromatic carbocycles. The van der Waals surface area contributed by atoms with Crippen LogP contribution in [0.4, 0.5) is 5.69 Å². The molecule has 0 radical (unpaired) electrons. The fourth-order valence-electron chi connectivity index (χ4n) is 2.87. The molecule has 1 N–H and O–H groups in total. The third-order valence-electron chi connectivity index (χ3n) is 4.00. The number of aryl methyl sites for hydroxylation is 2. The predicted octanol–water partition coefficient (Wildman–Crippen LogP) is 4.17. The van der Waals surface area contributed by atoms with Crippen molar-refractivity contribution >= 4 is 11.6 Å². The Balaban J connectivity index is 2.08. The minimum absolute atomic E-state index is 0.117. The summed E-state index contributed by atoms with van der Waals surface area (Å²) in [5, 5.41) is 3.04. The molecular formula is C18H19NO. The molecular weight excluding hydrogens is 246 g/mol. The fourth-order valence-corrected chi connectivity index (χ4v) is 2.87. The van der Waals surface area contributed by atoms with Gasteiger partial charge in [0.25, 0.3) is 0 Å². The van der Waals surface area contributed by atoms with Crippen molar-refractivity contribution in [1.82, 2.24) is 0 Å². The van der Waals surface area contributed by atoms with Crippen molar-refractivity contribution in [2.24, 2.45) is 0 Å². The number of fused-ring (bicyclic) bond motifs is 1. The topological polar surface area (TPSA) is 29.1 Å². The van der Waals surface area contributed by atoms with Gasteiger partial charge in [0.1, 0.15) is 0 Å². The molecule has 1 atom stereocenters. The molecule has 0 unspecified atom stereocenters. The summed E-state index contributed by atoms with van der Waals surface area (Å²) in [7, 11) is 0. The quantitative estimate of drug-likeness (QED) is 0.824. The molecule has 0 saturated carbocycles. The van der Waals surface area contributed by atoms with Gasteiger partial charge in [-0.05, 0) is 43.0 Å². The Labute approximate surface area is 119 Å². The largest absolute Gasteiger partial charge is 0.326 e. The Morgan fingerprint density at radius 1 is 1.00 bits per heavy atom. The Hall–Kier alpha value is -2.09. The second-order valence-electron chi connectivity index (χ2n) is 5.64. The molecule has 2 heteroatoms. The number of carbonyl (C=O) groups is 1. The van der Waals surface area contributed by atoms with E-state index in [9.17, 15) is 4.79 Å². The van der Waals surface area contributed by atoms with Crippen molar-refractivity contribution in [1.29, 1.82) is 0 Å². The van der Waals surface area contributed by atoms with Crippen molar-refractivity contribution in [3.63, 3.8) is 0 Å². The summed E-state index contributed by atoms with van der Waals surface area (Å²) < 4.78 is 0. The number of hydrogen-bond donors (Lipinski definition) is 1. The van der Waals surface area contributed by atoms with Crippen LogP contribution in [0.15, 0.2) is 42.5 Å². The van der Waals surface area contributed by atoms with Gasteiger partial charge in [-0.2, -0.15) is 0 Å². The van der Waals surface area contributed by atoms with Crippen molar-refractivity contribution in [2.75, 3.05) is 5.32 Å². The minimum atomic E-state index is 0.117. The zero-order chi connectivity index (χ0) is 14.1. The number of rotatable bonds is 1. The van der Waals surface area contributed by atoms with Crippen molar-refractivity contribution < 1.29 is 4.79 Å². The van der Waals surface area contributed by atoms with Gasteiger partial charge >= 0.3 is 0 Å². The van der Waals surface area contributed by atoms with Crippen LogP contribution in [0.2, 0.25) is 0 Å². The third-order valence-corrected chi connectivity index (χ3v) is 4.00. The van der Waals surface area contributed by atoms with E-state index in [1.807, 2.05) is 0 Å². The van der Waals surface area contributed by atoms with Crippen LogP contribution in [-0.2, 0) is 4.79 Å². The summed E-state index contributed by atoms with van der Waals surface area (Å²) in [6, 6.07) is 15.0. The maximum Gasteiger partial charge on any atom is 0.224 e. The van der Waals surface area contributed by atoms with Crippen LogP contribution < -0.4 is 5.32 Å². The maximum absolute atomic E-state index is 11.9. The molecule has 0 spiro atoms. The highest BCUT2D eigenvalue weighted by Crippen LogP contribution is 2.37. The lowest BCUT2D eigenvalue weighted by Crippen LogP contribution is -2.09. The Morgan fingerprint density at radius 3 is 2.45 bits per heavy atom. The molecule has 0 bridgehead atoms. The highest BCUT2D eigenvalue weighted by Gasteiger charge is 2.23. The Kier molecular flexibility index (Phi) is 3.31. The highest BCUT2D eigenvalue weighted by molar-refractivity contribution is 5.92. The van der Waals surface area contributed by atoms with Gasteiger partial charge in [-0.1, -0.05) is 42.0 Å². The van der Waals surface area contributed by atoms with E-state index in [1.165, 1.54) is 22.3 Å². The van der Waals surface area contributed by atoms with Gasteiger partial charge in [-0.15, -0.1) is 0 Å². The molecule has 1 heterocycles. The van der Waals surface area contributed by atoms with Crippen LogP contribution in [0.25, 0.3) is 0 Å². The molecule has 2 nitrogen and oxygen atoms in total. The number of amides is 1. The first-order valence-electron chi connectivity index (χ1n) is 7.10. The average Bonchev–Trinajstić information content (AvgIpc) is 2.58. The number of carbonyl (C=O) groups excluding carboxylic acids is 1. The molecule has 102 valence electrons. The predicted molar refractivity (Wildman–Crippen MR) is 82.1 cm³/mol. The molecule has 1 aliphatic rings. The van der Waals surface area contributed by atoms with E-state index in [1.54, 1.807) is 0 Å². The fraction of sp³-hybridized carbons (Fsp3) is 0.278. The van der Waals surface area contributed by atoms with Crippen LogP contribution in [0, 0.1) is 13.8 Å². The minimum Gasteiger partial charge on any atom is -0.326 e. The number of hydrogen-bond acceptors (Lipinski definition) is 1. The van der Waals surface area contributed by atoms with Gasteiger partial charge < -0.3 is 5.32 Å². The molecule has 1 amide bonds. The van der Waals surface area contributed by atoms with Gasteiger partial charge in [0.05, 0.1) is 0 Å². The molecule has 0 saturated heterocycles. The Morgan fingerprint density at radius 2 is 1.70 bits per heavy atom. The monoisotopic (exact) mass is 265 g/mol. The summed E-state index contributed by atoms with van der Waals surface area (Å²) in [5.74, 6) is 0.414. The molecule has 0 aliphatic carbocycles. The van der Waals surface area contributed by atoms with Gasteiger partial charge in [0.2, 0.25) is 5.91 Å². The van der Waals surface area contributed by atoms with E-state index in [2.05, 4.69) is 61.6 Å². The Bertz CT molecular complexity index is 643. The SMILES string of the molecule is Cc1ccc([C@@H]2CCC(=O)Nc3cc(C)ccc32)cc1. The second-order valence-corrected chi connectivity index (χ2v) is 5.64. The lowest BCUT2D eigenvalue weighted by Gasteiger charge is -2.18. The van der Waals surface area contributed by atoms with Gasteiger partial charge in [0.15, 0.2) is 0 Å². The summed E-state index contributed by atoms with van der Waals surface area (Å²) in [4.78, 5) is 11.9. The van der Waals surface area contributed by atoms with Crippen molar-refractivity contribution in [2.45, 2.75) is 32.6 Å². The molecule has 0 aromatic heterocycles. The van der Waals surface area contributed by atoms with Crippen LogP contribution in [0.5, 0.6) is 0 Å². The van der Waals surface area contributed by atoms with Crippen LogP contribution in [0.1, 0.15) is 41.0 Å². The molecule has 0 fully saturated rings. The number of anilines is 1. The van der Waals surface area contributed by atoms with Gasteiger partial charge in [-0.3, -0.25) is 4.79 Å². The van der Waals surface area contributed by atoms with Crippen molar-refractivity contribution in [3.05, 3.63) is 64.7 Å². The normalized spacial score (nSPS) is 18.1. The number of benzene rings is 2. The van der Waals surface area contributed by atoms with E-state index >= 15 is 0 Å². The number of nitrogens with one attached hydrogen (secondary N) is 1. The first-order chi connectivity index (χ1) is 9.63. The van der Waals surface area contributed by atoms with E-state index in [-0.39, 0.29) is 5.91 Å². The first-order valence-corrected chi connectivity index (χ1v) is 7.10. The smallest absolute Gasteiger partial charge is 0.224 e. The zero-order valence-electron chi connectivity index (χ0n) is 11.9. The highest BCUT2D eigenvalue weighted by atomic mass is 16.1. The summed E-state index contributed by atoms with van der Waals surface area (Å²) >= 11 is 0. The van der Waals surface area contributed by atoms with Crippen LogP contribution in [-0.4, -0.2) is 5.91 Å². The lowest BCUT2D eigenvalue weighted by molar-refractivity contribution is -0.116. The van der Waals surface area contributed by atoms with Gasteiger partial charge in [-0.25, -0.2) is 0 Å². The van der Waals surface area contributed by atoms with E-state index in [4.69, 9.17) is 0 Å². The van der Waals surface area contributed by atoms with Crippen LogP contribution in [0.3, 0.4) is 0 Å². The average molecular weight is 265 g/mol. The van der Waals surface area contributed by atoms with E-state index in [0.29, 0.717) is 12.3 Å².